The monoisotopic (exact) mass is 892 g/mol. The van der Waals surface area contributed by atoms with Crippen LogP contribution in [0.2, 0.25) is 0 Å². The molecule has 326 valence electrons. The molecule has 0 unspecified atom stereocenters. The summed E-state index contributed by atoms with van der Waals surface area (Å²) < 4.78 is 4.98. The molecule has 0 radical (unpaired) electrons. The summed E-state index contributed by atoms with van der Waals surface area (Å²) in [5.74, 6) is 1.82. The molecule has 0 N–H and O–H groups in total. The van der Waals surface area contributed by atoms with Crippen molar-refractivity contribution >= 4 is 65.4 Å². The molecule has 0 saturated carbocycles. The lowest BCUT2D eigenvalue weighted by molar-refractivity contribution is 1.07. The van der Waals surface area contributed by atoms with Gasteiger partial charge in [0, 0.05) is 54.7 Å². The lowest BCUT2D eigenvalue weighted by Crippen LogP contribution is -2.02. The summed E-state index contributed by atoms with van der Waals surface area (Å²) in [6.07, 6.45) is 0. The molecule has 0 saturated heterocycles. The lowest BCUT2D eigenvalue weighted by Gasteiger charge is -2.17. The first kappa shape index (κ1) is 39.6. The van der Waals surface area contributed by atoms with Crippen LogP contribution in [0.1, 0.15) is 0 Å². The molecule has 14 aromatic rings. The first-order chi connectivity index (χ1) is 34.7. The zero-order chi connectivity index (χ0) is 46.1. The van der Waals surface area contributed by atoms with Gasteiger partial charge in [-0.25, -0.2) is 19.9 Å². The van der Waals surface area contributed by atoms with Crippen LogP contribution >= 0.6 is 0 Å². The van der Waals surface area contributed by atoms with E-state index in [1.165, 1.54) is 38.2 Å². The van der Waals surface area contributed by atoms with E-state index in [0.29, 0.717) is 17.5 Å². The molecule has 6 heteroatoms. The molecular weight excluding hydrogens is 853 g/mol. The van der Waals surface area contributed by atoms with Crippen LogP contribution in [-0.2, 0) is 0 Å². The predicted molar refractivity (Wildman–Crippen MR) is 288 cm³/mol. The van der Waals surface area contributed by atoms with Gasteiger partial charge >= 0.3 is 0 Å². The molecule has 70 heavy (non-hydrogen) atoms. The van der Waals surface area contributed by atoms with Gasteiger partial charge in [-0.05, 0) is 70.8 Å². The van der Waals surface area contributed by atoms with E-state index in [4.69, 9.17) is 19.9 Å². The zero-order valence-corrected chi connectivity index (χ0v) is 37.8. The van der Waals surface area contributed by atoms with Crippen molar-refractivity contribution in [3.05, 3.63) is 243 Å². The Bertz CT molecular complexity index is 4290. The minimum Gasteiger partial charge on any atom is -0.307 e. The number of hydrogen-bond acceptors (Lipinski definition) is 4. The largest absolute Gasteiger partial charge is 0.307 e. The van der Waals surface area contributed by atoms with Gasteiger partial charge in [0.1, 0.15) is 0 Å². The van der Waals surface area contributed by atoms with Gasteiger partial charge in [-0.15, -0.1) is 0 Å². The van der Waals surface area contributed by atoms with Crippen molar-refractivity contribution < 1.29 is 0 Å². The molecule has 0 spiro atoms. The van der Waals surface area contributed by atoms with Gasteiger partial charge in [-0.3, -0.25) is 0 Å². The molecular formula is C64H40N6. The molecule has 0 bridgehead atoms. The molecule has 4 aromatic heterocycles. The van der Waals surface area contributed by atoms with Gasteiger partial charge in [0.15, 0.2) is 17.5 Å². The van der Waals surface area contributed by atoms with E-state index < -0.39 is 0 Å². The number of aromatic nitrogens is 6. The van der Waals surface area contributed by atoms with E-state index in [9.17, 15) is 0 Å². The predicted octanol–water partition coefficient (Wildman–Crippen LogP) is 16.1. The molecule has 0 aliphatic carbocycles. The molecule has 0 fully saturated rings. The second kappa shape index (κ2) is 16.1. The molecule has 10 aromatic carbocycles. The summed E-state index contributed by atoms with van der Waals surface area (Å²) in [5.41, 5.74) is 15.9. The summed E-state index contributed by atoms with van der Waals surface area (Å²) in [4.78, 5) is 20.6. The highest BCUT2D eigenvalue weighted by Crippen LogP contribution is 2.44. The van der Waals surface area contributed by atoms with E-state index in [1.807, 2.05) is 60.7 Å². The van der Waals surface area contributed by atoms with Gasteiger partial charge in [0.25, 0.3) is 0 Å². The van der Waals surface area contributed by atoms with Crippen molar-refractivity contribution in [2.24, 2.45) is 0 Å². The number of hydrogen-bond donors (Lipinski definition) is 0. The minimum absolute atomic E-state index is 0.586. The molecule has 14 rings (SSSR count). The Kier molecular flexibility index (Phi) is 9.10. The van der Waals surface area contributed by atoms with Gasteiger partial charge in [0.2, 0.25) is 0 Å². The normalized spacial score (nSPS) is 11.7. The Morgan fingerprint density at radius 1 is 0.243 bits per heavy atom. The molecule has 0 atom stereocenters. The Hall–Kier alpha value is -9.52. The Labute approximate surface area is 403 Å². The lowest BCUT2D eigenvalue weighted by atomic mass is 9.99. The highest BCUT2D eigenvalue weighted by atomic mass is 15.1. The van der Waals surface area contributed by atoms with E-state index in [-0.39, 0.29) is 0 Å². The van der Waals surface area contributed by atoms with Crippen LogP contribution in [0.15, 0.2) is 243 Å². The topological polar surface area (TPSA) is 61.4 Å². The highest BCUT2D eigenvalue weighted by molar-refractivity contribution is 6.25. The molecule has 6 nitrogen and oxygen atoms in total. The SMILES string of the molecule is c1ccc(-c2cccc(-c3cccc(-n4c5ccccc5c5ccc6c7ccccc7n(-c7c8ccccc8nc8cc(-c9nc(-c%10ccccc%10)nc(-c%10ccccc%10)n9)ccc78)c6c54)c3)c2)cc1. The first-order valence-corrected chi connectivity index (χ1v) is 23.6. The van der Waals surface area contributed by atoms with E-state index >= 15 is 0 Å². The van der Waals surface area contributed by atoms with Crippen molar-refractivity contribution in [3.8, 4) is 67.8 Å². The van der Waals surface area contributed by atoms with Crippen molar-refractivity contribution in [1.82, 2.24) is 29.1 Å². The van der Waals surface area contributed by atoms with Crippen LogP contribution in [0, 0.1) is 0 Å². The van der Waals surface area contributed by atoms with E-state index in [0.717, 1.165) is 77.5 Å². The molecule has 0 amide bonds. The number of benzene rings is 10. The fraction of sp³-hybridized carbons (Fsp3) is 0. The maximum Gasteiger partial charge on any atom is 0.164 e. The number of pyridine rings is 1. The fourth-order valence-corrected chi connectivity index (χ4v) is 10.5. The van der Waals surface area contributed by atoms with E-state index in [1.54, 1.807) is 0 Å². The zero-order valence-electron chi connectivity index (χ0n) is 37.8. The van der Waals surface area contributed by atoms with Crippen molar-refractivity contribution in [1.29, 1.82) is 0 Å². The van der Waals surface area contributed by atoms with Crippen LogP contribution in [0.25, 0.3) is 133 Å². The average Bonchev–Trinajstić information content (AvgIpc) is 3.96. The smallest absolute Gasteiger partial charge is 0.164 e. The second-order valence-electron chi connectivity index (χ2n) is 17.8. The maximum atomic E-state index is 5.39. The summed E-state index contributed by atoms with van der Waals surface area (Å²) in [6, 6.07) is 85.9. The number of nitrogens with zero attached hydrogens (tertiary/aromatic N) is 6. The number of para-hydroxylation sites is 3. The van der Waals surface area contributed by atoms with Gasteiger partial charge in [0.05, 0.1) is 38.8 Å². The summed E-state index contributed by atoms with van der Waals surface area (Å²) in [7, 11) is 0. The maximum absolute atomic E-state index is 5.39. The third-order valence-electron chi connectivity index (χ3n) is 13.7. The Morgan fingerprint density at radius 3 is 1.33 bits per heavy atom. The summed E-state index contributed by atoms with van der Waals surface area (Å²) in [5, 5.41) is 6.82. The highest BCUT2D eigenvalue weighted by Gasteiger charge is 2.24. The van der Waals surface area contributed by atoms with Gasteiger partial charge in [-0.2, -0.15) is 0 Å². The van der Waals surface area contributed by atoms with Crippen LogP contribution in [-0.4, -0.2) is 29.1 Å². The number of rotatable bonds is 7. The molecule has 4 heterocycles. The fourth-order valence-electron chi connectivity index (χ4n) is 10.5. The van der Waals surface area contributed by atoms with Crippen LogP contribution in [0.4, 0.5) is 0 Å². The first-order valence-electron chi connectivity index (χ1n) is 23.6. The van der Waals surface area contributed by atoms with Crippen LogP contribution in [0.3, 0.4) is 0 Å². The molecule has 0 aliphatic heterocycles. The summed E-state index contributed by atoms with van der Waals surface area (Å²) >= 11 is 0. The Balaban J connectivity index is 1.03. The van der Waals surface area contributed by atoms with Crippen LogP contribution in [0.5, 0.6) is 0 Å². The quantitative estimate of drug-likeness (QED) is 0.150. The summed E-state index contributed by atoms with van der Waals surface area (Å²) in [6.45, 7) is 0. The van der Waals surface area contributed by atoms with E-state index in [2.05, 4.69) is 191 Å². The average molecular weight is 893 g/mol. The van der Waals surface area contributed by atoms with Gasteiger partial charge in [-0.1, -0.05) is 194 Å². The van der Waals surface area contributed by atoms with Crippen LogP contribution < -0.4 is 0 Å². The third-order valence-corrected chi connectivity index (χ3v) is 13.7. The Morgan fingerprint density at radius 2 is 0.686 bits per heavy atom. The molecule has 0 aliphatic rings. The van der Waals surface area contributed by atoms with Crippen molar-refractivity contribution in [3.63, 3.8) is 0 Å². The van der Waals surface area contributed by atoms with Gasteiger partial charge < -0.3 is 9.13 Å². The second-order valence-corrected chi connectivity index (χ2v) is 17.8. The number of fused-ring (bicyclic) bond motifs is 9. The van der Waals surface area contributed by atoms with Crippen molar-refractivity contribution in [2.45, 2.75) is 0 Å². The standard InChI is InChI=1S/C64H40N6/c1-4-18-41(19-5-1)44-24-16-25-45(38-44)46-26-17-27-48(39-46)69-57-32-14-11-28-49(57)51-36-37-52-50-29-12-15-33-58(50)70(61(52)60(51)69)59-53-30-10-13-31-55(53)65-56-40-47(34-35-54(56)59)64-67-62(42-20-6-2-7-21-42)66-63(68-64)43-22-8-3-9-23-43/h1-40H. The minimum atomic E-state index is 0.586. The third kappa shape index (κ3) is 6.42. The van der Waals surface area contributed by atoms with Crippen molar-refractivity contribution in [2.75, 3.05) is 0 Å².